The molecule has 0 aliphatic heterocycles. The number of carbonyl (C=O) groups is 1. The first-order chi connectivity index (χ1) is 17.1. The maximum atomic E-state index is 14.5. The van der Waals surface area contributed by atoms with Crippen molar-refractivity contribution in [2.75, 3.05) is 32.6 Å². The number of hydrogen-bond donors (Lipinski definition) is 1. The highest BCUT2D eigenvalue weighted by molar-refractivity contribution is 7.90. The van der Waals surface area contributed by atoms with Crippen LogP contribution in [0.1, 0.15) is 34.5 Å². The van der Waals surface area contributed by atoms with Crippen LogP contribution in [0.25, 0.3) is 0 Å². The highest BCUT2D eigenvalue weighted by atomic mass is 32.2. The Balaban J connectivity index is 1.80. The van der Waals surface area contributed by atoms with E-state index in [1.807, 2.05) is 6.92 Å². The number of anilines is 1. The van der Waals surface area contributed by atoms with Crippen LogP contribution in [0.15, 0.2) is 66.7 Å². The van der Waals surface area contributed by atoms with Gasteiger partial charge in [0.25, 0.3) is 5.91 Å². The van der Waals surface area contributed by atoms with E-state index in [2.05, 4.69) is 5.32 Å². The molecule has 0 saturated heterocycles. The lowest BCUT2D eigenvalue weighted by molar-refractivity contribution is 0.0939. The van der Waals surface area contributed by atoms with E-state index in [0.717, 1.165) is 14.2 Å². The number of ether oxygens (including phenoxy) is 2. The van der Waals surface area contributed by atoms with Gasteiger partial charge in [0, 0.05) is 25.2 Å². The normalized spacial score (nSPS) is 12.2. The fourth-order valence-electron chi connectivity index (χ4n) is 3.61. The summed E-state index contributed by atoms with van der Waals surface area (Å²) in [6.45, 7) is 1.72. The second-order valence-electron chi connectivity index (χ2n) is 8.25. The van der Waals surface area contributed by atoms with Crippen molar-refractivity contribution in [2.45, 2.75) is 19.5 Å². The largest absolute Gasteiger partial charge is 0.497 e. The Labute approximate surface area is 211 Å². The number of methoxy groups -OCH3 is 2. The zero-order valence-electron chi connectivity index (χ0n) is 20.9. The topological polar surface area (TPSA) is 88.2 Å². The molecule has 1 atom stereocenters. The van der Waals surface area contributed by atoms with Gasteiger partial charge in [-0.15, -0.1) is 0 Å². The van der Waals surface area contributed by atoms with Gasteiger partial charge in [-0.1, -0.05) is 24.3 Å². The molecule has 0 heterocycles. The van der Waals surface area contributed by atoms with Crippen LogP contribution >= 0.6 is 0 Å². The van der Waals surface area contributed by atoms with Crippen molar-refractivity contribution in [1.29, 1.82) is 0 Å². The minimum Gasteiger partial charge on any atom is -0.497 e. The van der Waals surface area contributed by atoms with Crippen molar-refractivity contribution < 1.29 is 27.1 Å². The van der Waals surface area contributed by atoms with Gasteiger partial charge in [-0.3, -0.25) is 9.10 Å². The number of carbonyl (C=O) groups excluding carboxylic acids is 1. The minimum atomic E-state index is -3.97. The van der Waals surface area contributed by atoms with Crippen LogP contribution in [0.4, 0.5) is 10.1 Å². The SMILES string of the molecule is COc1ccc(OC)c([C@@H](C)NC(=O)c2ccc(CN(c3ccccc3F)S(=O)(=O)N(C)C)cc2)c1. The molecule has 0 spiro atoms. The summed E-state index contributed by atoms with van der Waals surface area (Å²) in [5, 5.41) is 2.93. The van der Waals surface area contributed by atoms with E-state index in [0.29, 0.717) is 22.6 Å². The van der Waals surface area contributed by atoms with Gasteiger partial charge >= 0.3 is 10.2 Å². The van der Waals surface area contributed by atoms with Gasteiger partial charge in [-0.25, -0.2) is 4.39 Å². The molecular weight excluding hydrogens is 485 g/mol. The Kier molecular flexibility index (Phi) is 8.54. The summed E-state index contributed by atoms with van der Waals surface area (Å²) >= 11 is 0. The first-order valence-electron chi connectivity index (χ1n) is 11.1. The molecular formula is C26H30FN3O5S. The molecule has 0 saturated carbocycles. The second kappa shape index (κ2) is 11.4. The Morgan fingerprint density at radius 2 is 1.67 bits per heavy atom. The molecule has 1 amide bonds. The highest BCUT2D eigenvalue weighted by Crippen LogP contribution is 2.30. The van der Waals surface area contributed by atoms with Crippen molar-refractivity contribution in [3.05, 3.63) is 89.2 Å². The van der Waals surface area contributed by atoms with Crippen LogP contribution < -0.4 is 19.1 Å². The number of hydrogen-bond acceptors (Lipinski definition) is 5. The Morgan fingerprint density at radius 3 is 2.25 bits per heavy atom. The number of para-hydroxylation sites is 1. The lowest BCUT2D eigenvalue weighted by Crippen LogP contribution is -2.40. The van der Waals surface area contributed by atoms with E-state index in [1.54, 1.807) is 62.8 Å². The van der Waals surface area contributed by atoms with Crippen LogP contribution in [0, 0.1) is 5.82 Å². The molecule has 10 heteroatoms. The fraction of sp³-hybridized carbons (Fsp3) is 0.269. The molecule has 0 bridgehead atoms. The molecule has 1 N–H and O–H groups in total. The van der Waals surface area contributed by atoms with Crippen LogP contribution in [0.5, 0.6) is 11.5 Å². The molecule has 0 unspecified atom stereocenters. The van der Waals surface area contributed by atoms with Crippen molar-refractivity contribution in [3.8, 4) is 11.5 Å². The van der Waals surface area contributed by atoms with Gasteiger partial charge in [0.15, 0.2) is 0 Å². The van der Waals surface area contributed by atoms with Crippen LogP contribution in [-0.2, 0) is 16.8 Å². The molecule has 8 nitrogen and oxygen atoms in total. The molecule has 0 fully saturated rings. The van der Waals surface area contributed by atoms with Gasteiger partial charge in [-0.05, 0) is 55.0 Å². The third-order valence-corrected chi connectivity index (χ3v) is 7.46. The van der Waals surface area contributed by atoms with E-state index < -0.39 is 16.0 Å². The zero-order chi connectivity index (χ0) is 26.5. The first kappa shape index (κ1) is 27.0. The third-order valence-electron chi connectivity index (χ3n) is 5.65. The standard InChI is InChI=1S/C26H30FN3O5S/c1-18(22-16-21(34-4)14-15-25(22)35-5)28-26(31)20-12-10-19(11-13-20)17-30(36(32,33)29(2)3)24-9-7-6-8-23(24)27/h6-16,18H,17H2,1-5H3,(H,28,31)/t18-/m1/s1. The van der Waals surface area contributed by atoms with Gasteiger partial charge in [0.2, 0.25) is 0 Å². The van der Waals surface area contributed by atoms with Crippen molar-refractivity contribution in [1.82, 2.24) is 9.62 Å². The van der Waals surface area contributed by atoms with Crippen LogP contribution in [0.2, 0.25) is 0 Å². The van der Waals surface area contributed by atoms with Gasteiger partial charge < -0.3 is 14.8 Å². The van der Waals surface area contributed by atoms with Gasteiger partial charge in [-0.2, -0.15) is 12.7 Å². The Hall–Kier alpha value is -3.63. The summed E-state index contributed by atoms with van der Waals surface area (Å²) < 4.78 is 53.0. The molecule has 36 heavy (non-hydrogen) atoms. The number of rotatable bonds is 10. The summed E-state index contributed by atoms with van der Waals surface area (Å²) in [5.41, 5.74) is 1.67. The van der Waals surface area contributed by atoms with Crippen molar-refractivity contribution >= 4 is 21.8 Å². The molecule has 3 aromatic carbocycles. The van der Waals surface area contributed by atoms with E-state index >= 15 is 0 Å². The minimum absolute atomic E-state index is 0.0610. The smallest absolute Gasteiger partial charge is 0.303 e. The molecule has 0 aromatic heterocycles. The lowest BCUT2D eigenvalue weighted by Gasteiger charge is -2.27. The van der Waals surface area contributed by atoms with Gasteiger partial charge in [0.1, 0.15) is 17.3 Å². The average Bonchev–Trinajstić information content (AvgIpc) is 2.87. The monoisotopic (exact) mass is 515 g/mol. The summed E-state index contributed by atoms with van der Waals surface area (Å²) in [5.74, 6) is 0.296. The molecule has 0 radical (unpaired) electrons. The summed E-state index contributed by atoms with van der Waals surface area (Å²) in [6, 6.07) is 17.1. The molecule has 3 rings (SSSR count). The first-order valence-corrected chi connectivity index (χ1v) is 12.5. The number of nitrogens with zero attached hydrogens (tertiary/aromatic N) is 2. The van der Waals surface area contributed by atoms with Gasteiger partial charge in [0.05, 0.1) is 32.5 Å². The predicted octanol–water partition coefficient (Wildman–Crippen LogP) is 4.15. The highest BCUT2D eigenvalue weighted by Gasteiger charge is 2.27. The number of halogens is 1. The number of nitrogens with one attached hydrogen (secondary N) is 1. The van der Waals surface area contributed by atoms with Crippen LogP contribution in [-0.4, -0.2) is 46.9 Å². The number of amides is 1. The molecule has 192 valence electrons. The Morgan fingerprint density at radius 1 is 1.00 bits per heavy atom. The zero-order valence-corrected chi connectivity index (χ0v) is 21.7. The fourth-order valence-corrected chi connectivity index (χ4v) is 4.71. The molecule has 0 aliphatic carbocycles. The maximum Gasteiger partial charge on any atom is 0.303 e. The second-order valence-corrected chi connectivity index (χ2v) is 10.3. The maximum absolute atomic E-state index is 14.5. The van der Waals surface area contributed by atoms with Crippen molar-refractivity contribution in [3.63, 3.8) is 0 Å². The summed E-state index contributed by atoms with van der Waals surface area (Å²) in [6.07, 6.45) is 0. The summed E-state index contributed by atoms with van der Waals surface area (Å²) in [7, 11) is 1.91. The Bertz CT molecular complexity index is 1310. The third kappa shape index (κ3) is 5.95. The van der Waals surface area contributed by atoms with E-state index in [1.165, 1.54) is 32.3 Å². The lowest BCUT2D eigenvalue weighted by atomic mass is 10.1. The quantitative estimate of drug-likeness (QED) is 0.438. The van der Waals surface area contributed by atoms with E-state index in [4.69, 9.17) is 9.47 Å². The molecule has 0 aliphatic rings. The van der Waals surface area contributed by atoms with E-state index in [9.17, 15) is 17.6 Å². The average molecular weight is 516 g/mol. The van der Waals surface area contributed by atoms with Crippen LogP contribution in [0.3, 0.4) is 0 Å². The predicted molar refractivity (Wildman–Crippen MR) is 137 cm³/mol. The number of benzene rings is 3. The molecule has 3 aromatic rings. The van der Waals surface area contributed by atoms with Crippen molar-refractivity contribution in [2.24, 2.45) is 0 Å². The van der Waals surface area contributed by atoms with E-state index in [-0.39, 0.29) is 24.2 Å². The summed E-state index contributed by atoms with van der Waals surface area (Å²) in [4.78, 5) is 12.9.